The fourth-order valence-electron chi connectivity index (χ4n) is 2.42. The van der Waals surface area contributed by atoms with Crippen LogP contribution in [-0.2, 0) is 4.74 Å². The van der Waals surface area contributed by atoms with E-state index in [2.05, 4.69) is 5.32 Å². The summed E-state index contributed by atoms with van der Waals surface area (Å²) in [5.41, 5.74) is 2.08. The summed E-state index contributed by atoms with van der Waals surface area (Å²) in [7, 11) is 0. The number of aryl methyl sites for hydroxylation is 1. The molecule has 2 aliphatic rings. The molecule has 1 aromatic carbocycles. The predicted octanol–water partition coefficient (Wildman–Crippen LogP) is 1.29. The Labute approximate surface area is 94.2 Å². The lowest BCUT2D eigenvalue weighted by atomic mass is 10.1. The van der Waals surface area contributed by atoms with Gasteiger partial charge in [-0.05, 0) is 24.6 Å². The molecule has 1 N–H and O–H groups in total. The van der Waals surface area contributed by atoms with E-state index in [4.69, 9.17) is 4.74 Å². The Kier molecular flexibility index (Phi) is 2.11. The summed E-state index contributed by atoms with van der Waals surface area (Å²) in [6, 6.07) is 8.11. The number of benzene rings is 1. The summed E-state index contributed by atoms with van der Waals surface area (Å²) in [4.78, 5) is 13.5. The zero-order valence-electron chi connectivity index (χ0n) is 9.14. The van der Waals surface area contributed by atoms with Crippen molar-refractivity contribution in [2.75, 3.05) is 18.0 Å². The van der Waals surface area contributed by atoms with Gasteiger partial charge in [0.1, 0.15) is 6.10 Å². The zero-order chi connectivity index (χ0) is 11.1. The summed E-state index contributed by atoms with van der Waals surface area (Å²) in [6.07, 6.45) is -0.213. The number of carbonyl (C=O) groups is 1. The van der Waals surface area contributed by atoms with Gasteiger partial charge in [0.05, 0.1) is 6.04 Å². The standard InChI is InChI=1S/C12H14N2O2/c1-8-3-2-4-9(5-8)14-10-6-13-7-11(10)16-12(14)15/h2-5,10-11,13H,6-7H2,1H3. The number of hydrogen-bond acceptors (Lipinski definition) is 3. The van der Waals surface area contributed by atoms with Gasteiger partial charge in [0.15, 0.2) is 0 Å². The minimum atomic E-state index is -0.220. The SMILES string of the molecule is Cc1cccc(N2C(=O)OC3CNCC32)c1. The Balaban J connectivity index is 1.96. The van der Waals surface area contributed by atoms with Crippen LogP contribution in [0.15, 0.2) is 24.3 Å². The van der Waals surface area contributed by atoms with E-state index in [1.165, 1.54) is 0 Å². The van der Waals surface area contributed by atoms with Crippen LogP contribution < -0.4 is 10.2 Å². The summed E-state index contributed by atoms with van der Waals surface area (Å²) in [5.74, 6) is 0. The fraction of sp³-hybridized carbons (Fsp3) is 0.417. The first-order valence-corrected chi connectivity index (χ1v) is 5.53. The van der Waals surface area contributed by atoms with E-state index in [1.54, 1.807) is 4.90 Å². The molecule has 1 aromatic rings. The Morgan fingerprint density at radius 1 is 1.44 bits per heavy atom. The summed E-state index contributed by atoms with van der Waals surface area (Å²) in [5, 5.41) is 3.24. The van der Waals surface area contributed by atoms with E-state index in [0.717, 1.165) is 24.3 Å². The second-order valence-corrected chi connectivity index (χ2v) is 4.36. The number of amides is 1. The molecule has 16 heavy (non-hydrogen) atoms. The van der Waals surface area contributed by atoms with Crippen LogP contribution in [0.2, 0.25) is 0 Å². The molecule has 0 aromatic heterocycles. The molecular formula is C12H14N2O2. The highest BCUT2D eigenvalue weighted by Gasteiger charge is 2.45. The van der Waals surface area contributed by atoms with E-state index in [9.17, 15) is 4.79 Å². The molecular weight excluding hydrogens is 204 g/mol. The summed E-state index contributed by atoms with van der Waals surface area (Å²) in [6.45, 7) is 3.60. The van der Waals surface area contributed by atoms with Gasteiger partial charge < -0.3 is 10.1 Å². The highest BCUT2D eigenvalue weighted by Crippen LogP contribution is 2.29. The maximum atomic E-state index is 11.8. The van der Waals surface area contributed by atoms with E-state index < -0.39 is 0 Å². The minimum absolute atomic E-state index is 0.00742. The van der Waals surface area contributed by atoms with Gasteiger partial charge in [-0.15, -0.1) is 0 Å². The number of rotatable bonds is 1. The number of carbonyl (C=O) groups excluding carboxylic acids is 1. The maximum Gasteiger partial charge on any atom is 0.415 e. The Morgan fingerprint density at radius 2 is 2.31 bits per heavy atom. The van der Waals surface area contributed by atoms with E-state index in [0.29, 0.717) is 0 Å². The van der Waals surface area contributed by atoms with Crippen molar-refractivity contribution in [3.63, 3.8) is 0 Å². The molecule has 0 aliphatic carbocycles. The van der Waals surface area contributed by atoms with Gasteiger partial charge in [-0.3, -0.25) is 4.90 Å². The molecule has 2 atom stereocenters. The molecule has 2 fully saturated rings. The number of anilines is 1. The molecule has 2 aliphatic heterocycles. The molecule has 2 heterocycles. The fourth-order valence-corrected chi connectivity index (χ4v) is 2.42. The van der Waals surface area contributed by atoms with Gasteiger partial charge >= 0.3 is 6.09 Å². The van der Waals surface area contributed by atoms with E-state index in [1.807, 2.05) is 31.2 Å². The van der Waals surface area contributed by atoms with Crippen molar-refractivity contribution in [2.24, 2.45) is 0 Å². The lowest BCUT2D eigenvalue weighted by Crippen LogP contribution is -2.37. The van der Waals surface area contributed by atoms with Crippen LogP contribution in [-0.4, -0.2) is 31.3 Å². The van der Waals surface area contributed by atoms with Crippen LogP contribution in [0.4, 0.5) is 10.5 Å². The van der Waals surface area contributed by atoms with Gasteiger partial charge in [0.25, 0.3) is 0 Å². The third kappa shape index (κ3) is 1.38. The van der Waals surface area contributed by atoms with E-state index >= 15 is 0 Å². The lowest BCUT2D eigenvalue weighted by Gasteiger charge is -2.20. The van der Waals surface area contributed by atoms with E-state index in [-0.39, 0.29) is 18.2 Å². The topological polar surface area (TPSA) is 41.6 Å². The molecule has 3 rings (SSSR count). The first kappa shape index (κ1) is 9.66. The maximum absolute atomic E-state index is 11.8. The summed E-state index contributed by atoms with van der Waals surface area (Å²) >= 11 is 0. The van der Waals surface area contributed by atoms with Gasteiger partial charge in [-0.1, -0.05) is 12.1 Å². The molecule has 4 heteroatoms. The van der Waals surface area contributed by atoms with Crippen LogP contribution in [0.5, 0.6) is 0 Å². The highest BCUT2D eigenvalue weighted by atomic mass is 16.6. The highest BCUT2D eigenvalue weighted by molar-refractivity contribution is 5.91. The predicted molar refractivity (Wildman–Crippen MR) is 60.6 cm³/mol. The van der Waals surface area contributed by atoms with Crippen molar-refractivity contribution in [3.05, 3.63) is 29.8 Å². The number of nitrogens with one attached hydrogen (secondary N) is 1. The summed E-state index contributed by atoms with van der Waals surface area (Å²) < 4.78 is 5.32. The molecule has 2 saturated heterocycles. The smallest absolute Gasteiger partial charge is 0.415 e. The first-order valence-electron chi connectivity index (χ1n) is 5.53. The third-order valence-corrected chi connectivity index (χ3v) is 3.19. The van der Waals surface area contributed by atoms with Crippen molar-refractivity contribution in [1.29, 1.82) is 0 Å². The lowest BCUT2D eigenvalue weighted by molar-refractivity contribution is 0.143. The minimum Gasteiger partial charge on any atom is -0.442 e. The Morgan fingerprint density at radius 3 is 3.12 bits per heavy atom. The van der Waals surface area contributed by atoms with Gasteiger partial charge in [0.2, 0.25) is 0 Å². The van der Waals surface area contributed by atoms with Crippen molar-refractivity contribution < 1.29 is 9.53 Å². The first-order chi connectivity index (χ1) is 7.75. The third-order valence-electron chi connectivity index (χ3n) is 3.19. The average molecular weight is 218 g/mol. The molecule has 0 radical (unpaired) electrons. The molecule has 2 unspecified atom stereocenters. The Bertz CT molecular complexity index is 433. The molecule has 0 spiro atoms. The second-order valence-electron chi connectivity index (χ2n) is 4.36. The zero-order valence-corrected chi connectivity index (χ0v) is 9.14. The molecule has 0 saturated carbocycles. The van der Waals surface area contributed by atoms with Gasteiger partial charge in [0, 0.05) is 18.8 Å². The van der Waals surface area contributed by atoms with Crippen LogP contribution >= 0.6 is 0 Å². The molecule has 4 nitrogen and oxygen atoms in total. The van der Waals surface area contributed by atoms with Gasteiger partial charge in [-0.2, -0.15) is 0 Å². The van der Waals surface area contributed by atoms with Crippen molar-refractivity contribution in [3.8, 4) is 0 Å². The molecule has 84 valence electrons. The van der Waals surface area contributed by atoms with Crippen LogP contribution in [0.3, 0.4) is 0 Å². The van der Waals surface area contributed by atoms with Crippen LogP contribution in [0.1, 0.15) is 5.56 Å². The Hall–Kier alpha value is -1.55. The second kappa shape index (κ2) is 3.49. The number of nitrogens with zero attached hydrogens (tertiary/aromatic N) is 1. The number of ether oxygens (including phenoxy) is 1. The normalized spacial score (nSPS) is 28.1. The molecule has 1 amide bonds. The quantitative estimate of drug-likeness (QED) is 0.772. The van der Waals surface area contributed by atoms with Crippen molar-refractivity contribution in [1.82, 2.24) is 5.32 Å². The van der Waals surface area contributed by atoms with Gasteiger partial charge in [-0.25, -0.2) is 4.79 Å². The largest absolute Gasteiger partial charge is 0.442 e. The number of fused-ring (bicyclic) bond motifs is 1. The average Bonchev–Trinajstić information content (AvgIpc) is 2.76. The van der Waals surface area contributed by atoms with Crippen LogP contribution in [0, 0.1) is 6.92 Å². The monoisotopic (exact) mass is 218 g/mol. The molecule has 0 bridgehead atoms. The van der Waals surface area contributed by atoms with Crippen LogP contribution in [0.25, 0.3) is 0 Å². The van der Waals surface area contributed by atoms with Crippen molar-refractivity contribution in [2.45, 2.75) is 19.1 Å². The number of hydrogen-bond donors (Lipinski definition) is 1. The van der Waals surface area contributed by atoms with Crippen molar-refractivity contribution >= 4 is 11.8 Å².